The molecular weight excluding hydrogens is 182 g/mol. The maximum absolute atomic E-state index is 7.51. The molecule has 0 amide bonds. The van der Waals surface area contributed by atoms with Crippen LogP contribution in [-0.4, -0.2) is 11.0 Å². The molecular formula is C9H11N3S. The Morgan fingerprint density at radius 3 is 2.38 bits per heavy atom. The molecule has 0 spiro atoms. The molecule has 0 bridgehead atoms. The van der Waals surface area contributed by atoms with Crippen molar-refractivity contribution in [1.29, 1.82) is 5.41 Å². The molecule has 0 atom stereocenters. The summed E-state index contributed by atoms with van der Waals surface area (Å²) in [6.45, 7) is 1.99. The van der Waals surface area contributed by atoms with Crippen LogP contribution < -0.4 is 5.73 Å². The molecule has 3 N–H and O–H groups in total. The number of nitrogens with zero attached hydrogens (tertiary/aromatic N) is 1. The molecule has 0 fully saturated rings. The minimum atomic E-state index is 0.102. The van der Waals surface area contributed by atoms with E-state index in [1.165, 1.54) is 0 Å². The highest BCUT2D eigenvalue weighted by Gasteiger charge is 1.98. The Kier molecular flexibility index (Phi) is 3.08. The quantitative estimate of drug-likeness (QED) is 0.354. The lowest BCUT2D eigenvalue weighted by Gasteiger charge is -1.98. The second kappa shape index (κ2) is 4.09. The van der Waals surface area contributed by atoms with Gasteiger partial charge in [0.15, 0.2) is 11.0 Å². The van der Waals surface area contributed by atoms with E-state index in [9.17, 15) is 0 Å². The first-order valence-electron chi connectivity index (χ1n) is 3.78. The average Bonchev–Trinajstić information content (AvgIpc) is 2.04. The van der Waals surface area contributed by atoms with E-state index in [2.05, 4.69) is 17.6 Å². The largest absolute Gasteiger partial charge is 0.378 e. The third-order valence-electron chi connectivity index (χ3n) is 1.55. The molecule has 1 aromatic rings. The van der Waals surface area contributed by atoms with Gasteiger partial charge in [-0.15, -0.1) is 12.6 Å². The second-order valence-electron chi connectivity index (χ2n) is 2.68. The number of amidine groups is 2. The fourth-order valence-corrected chi connectivity index (χ4v) is 0.991. The van der Waals surface area contributed by atoms with Gasteiger partial charge in [-0.2, -0.15) is 0 Å². The highest BCUT2D eigenvalue weighted by atomic mass is 32.1. The molecule has 1 aromatic carbocycles. The van der Waals surface area contributed by atoms with Crippen LogP contribution in [0.2, 0.25) is 0 Å². The van der Waals surface area contributed by atoms with Crippen LogP contribution in [0.3, 0.4) is 0 Å². The number of hydrogen-bond donors (Lipinski definition) is 3. The maximum atomic E-state index is 7.51. The lowest BCUT2D eigenvalue weighted by atomic mass is 10.1. The van der Waals surface area contributed by atoms with E-state index in [0.29, 0.717) is 0 Å². The molecule has 0 heterocycles. The summed E-state index contributed by atoms with van der Waals surface area (Å²) >= 11 is 3.79. The van der Waals surface area contributed by atoms with Gasteiger partial charge in [0, 0.05) is 5.56 Å². The van der Waals surface area contributed by atoms with Crippen LogP contribution in [0.15, 0.2) is 29.3 Å². The van der Waals surface area contributed by atoms with Crippen molar-refractivity contribution in [2.24, 2.45) is 10.7 Å². The highest BCUT2D eigenvalue weighted by molar-refractivity contribution is 7.96. The Balaban J connectivity index is 2.90. The molecule has 3 nitrogen and oxygen atoms in total. The van der Waals surface area contributed by atoms with E-state index in [4.69, 9.17) is 11.1 Å². The normalized spacial score (nSPS) is 11.4. The summed E-state index contributed by atoms with van der Waals surface area (Å²) in [6, 6.07) is 7.51. The van der Waals surface area contributed by atoms with Crippen molar-refractivity contribution < 1.29 is 0 Å². The number of hydrogen-bond acceptors (Lipinski definition) is 1. The van der Waals surface area contributed by atoms with Gasteiger partial charge in [0.1, 0.15) is 0 Å². The Bertz CT molecular complexity index is 336. The van der Waals surface area contributed by atoms with Crippen molar-refractivity contribution in [2.75, 3.05) is 0 Å². The number of nitrogens with two attached hydrogens (primary N) is 1. The number of thiol groups is 1. The van der Waals surface area contributed by atoms with Crippen molar-refractivity contribution in [2.45, 2.75) is 6.92 Å². The van der Waals surface area contributed by atoms with Crippen LogP contribution in [0.5, 0.6) is 0 Å². The lowest BCUT2D eigenvalue weighted by Crippen LogP contribution is -2.06. The van der Waals surface area contributed by atoms with Gasteiger partial charge in [-0.25, -0.2) is 4.99 Å². The SMILES string of the molecule is Cc1ccc(C(=N)/N=C(/N)S)cc1. The highest BCUT2D eigenvalue weighted by Crippen LogP contribution is 2.04. The standard InChI is InChI=1S/C9H11N3S/c1-6-2-4-7(5-3-6)8(10)12-9(11)13/h2-5H,1H3,(H4,10,11,12,13). The average molecular weight is 193 g/mol. The predicted molar refractivity (Wildman–Crippen MR) is 58.6 cm³/mol. The summed E-state index contributed by atoms with van der Waals surface area (Å²) in [4.78, 5) is 3.72. The summed E-state index contributed by atoms with van der Waals surface area (Å²) in [5.74, 6) is 0.132. The summed E-state index contributed by atoms with van der Waals surface area (Å²) in [5.41, 5.74) is 7.12. The third-order valence-corrected chi connectivity index (χ3v) is 1.65. The van der Waals surface area contributed by atoms with E-state index >= 15 is 0 Å². The molecule has 0 aliphatic carbocycles. The zero-order valence-corrected chi connectivity index (χ0v) is 8.18. The molecule has 0 aromatic heterocycles. The van der Waals surface area contributed by atoms with Gasteiger partial charge in [-0.3, -0.25) is 5.41 Å². The van der Waals surface area contributed by atoms with E-state index in [1.54, 1.807) is 0 Å². The first kappa shape index (κ1) is 9.80. The van der Waals surface area contributed by atoms with Crippen LogP contribution in [0, 0.1) is 12.3 Å². The molecule has 0 saturated heterocycles. The fourth-order valence-electron chi connectivity index (χ4n) is 0.891. The number of benzene rings is 1. The predicted octanol–water partition coefficient (Wildman–Crippen LogP) is 1.56. The summed E-state index contributed by atoms with van der Waals surface area (Å²) in [5, 5.41) is 7.62. The molecule has 4 heteroatoms. The Morgan fingerprint density at radius 2 is 1.92 bits per heavy atom. The Morgan fingerprint density at radius 1 is 1.38 bits per heavy atom. The monoisotopic (exact) mass is 193 g/mol. The Hall–Kier alpha value is -1.29. The van der Waals surface area contributed by atoms with E-state index in [-0.39, 0.29) is 11.0 Å². The van der Waals surface area contributed by atoms with Gasteiger partial charge in [-0.05, 0) is 6.92 Å². The number of nitrogens with one attached hydrogen (secondary N) is 1. The Labute approximate surface area is 82.6 Å². The first-order valence-corrected chi connectivity index (χ1v) is 4.23. The van der Waals surface area contributed by atoms with Crippen LogP contribution in [0.4, 0.5) is 0 Å². The summed E-state index contributed by atoms with van der Waals surface area (Å²) in [7, 11) is 0. The second-order valence-corrected chi connectivity index (χ2v) is 3.14. The summed E-state index contributed by atoms with van der Waals surface area (Å²) in [6.07, 6.45) is 0. The first-order chi connectivity index (χ1) is 6.09. The van der Waals surface area contributed by atoms with Gasteiger partial charge in [0.2, 0.25) is 0 Å². The van der Waals surface area contributed by atoms with Crippen molar-refractivity contribution in [3.63, 3.8) is 0 Å². The van der Waals surface area contributed by atoms with Crippen LogP contribution in [0.25, 0.3) is 0 Å². The van der Waals surface area contributed by atoms with Gasteiger partial charge in [0.05, 0.1) is 0 Å². The number of rotatable bonds is 1. The zero-order valence-electron chi connectivity index (χ0n) is 7.28. The van der Waals surface area contributed by atoms with Crippen LogP contribution in [0.1, 0.15) is 11.1 Å². The van der Waals surface area contributed by atoms with Gasteiger partial charge in [0.25, 0.3) is 0 Å². The zero-order chi connectivity index (χ0) is 9.84. The molecule has 0 aliphatic heterocycles. The van der Waals surface area contributed by atoms with Crippen molar-refractivity contribution in [3.8, 4) is 0 Å². The molecule has 0 saturated carbocycles. The molecule has 0 radical (unpaired) electrons. The molecule has 68 valence electrons. The lowest BCUT2D eigenvalue weighted by molar-refractivity contribution is 1.39. The fraction of sp³-hybridized carbons (Fsp3) is 0.111. The smallest absolute Gasteiger partial charge is 0.157 e. The van der Waals surface area contributed by atoms with E-state index in [1.807, 2.05) is 31.2 Å². The maximum Gasteiger partial charge on any atom is 0.157 e. The minimum Gasteiger partial charge on any atom is -0.378 e. The molecule has 13 heavy (non-hydrogen) atoms. The van der Waals surface area contributed by atoms with E-state index in [0.717, 1.165) is 11.1 Å². The topological polar surface area (TPSA) is 62.2 Å². The third kappa shape index (κ3) is 2.91. The van der Waals surface area contributed by atoms with Crippen molar-refractivity contribution in [1.82, 2.24) is 0 Å². The van der Waals surface area contributed by atoms with Crippen molar-refractivity contribution >= 4 is 23.6 Å². The van der Waals surface area contributed by atoms with Gasteiger partial charge < -0.3 is 5.73 Å². The molecule has 0 aliphatic rings. The van der Waals surface area contributed by atoms with E-state index < -0.39 is 0 Å². The number of aryl methyl sites for hydroxylation is 1. The van der Waals surface area contributed by atoms with Crippen molar-refractivity contribution in [3.05, 3.63) is 35.4 Å². The van der Waals surface area contributed by atoms with Crippen LogP contribution >= 0.6 is 12.6 Å². The summed E-state index contributed by atoms with van der Waals surface area (Å²) < 4.78 is 0. The number of aliphatic imine (C=N–C) groups is 1. The minimum absolute atomic E-state index is 0.102. The van der Waals surface area contributed by atoms with Gasteiger partial charge in [-0.1, -0.05) is 29.8 Å². The van der Waals surface area contributed by atoms with Gasteiger partial charge >= 0.3 is 0 Å². The van der Waals surface area contributed by atoms with Crippen LogP contribution in [-0.2, 0) is 0 Å². The molecule has 1 rings (SSSR count). The molecule has 0 unspecified atom stereocenters.